The topological polar surface area (TPSA) is 88.2 Å². The largest absolute Gasteiger partial charge is 0.508 e. The Bertz CT molecular complexity index is 831. The lowest BCUT2D eigenvalue weighted by Gasteiger charge is -2.08. The van der Waals surface area contributed by atoms with Gasteiger partial charge in [0.15, 0.2) is 0 Å². The first-order chi connectivity index (χ1) is 10.1. The van der Waals surface area contributed by atoms with Crippen LogP contribution in [-0.4, -0.2) is 16.0 Å². The Balaban J connectivity index is 1.90. The zero-order valence-electron chi connectivity index (χ0n) is 11.1. The summed E-state index contributed by atoms with van der Waals surface area (Å²) in [7, 11) is 0. The smallest absolute Gasteiger partial charge is 0.257 e. The highest BCUT2D eigenvalue weighted by molar-refractivity contribution is 6.08. The quantitative estimate of drug-likeness (QED) is 0.497. The molecular weight excluding hydrogens is 266 g/mol. The fourth-order valence-electron chi connectivity index (χ4n) is 2.08. The standard InChI is InChI=1S/C16H13N3O2/c17-14-6-5-12(20)8-13(14)16(21)19-11-7-10-3-1-2-4-15(10)18-9-11/h1-9,20H,17H2,(H,19,21). The number of phenols is 1. The molecule has 0 aliphatic rings. The van der Waals surface area contributed by atoms with Crippen molar-refractivity contribution < 1.29 is 9.90 Å². The van der Waals surface area contributed by atoms with Crippen molar-refractivity contribution in [2.75, 3.05) is 11.1 Å². The van der Waals surface area contributed by atoms with Gasteiger partial charge in [0.05, 0.1) is 23.0 Å². The average molecular weight is 279 g/mol. The molecule has 0 atom stereocenters. The number of fused-ring (bicyclic) bond motifs is 1. The number of hydrogen-bond acceptors (Lipinski definition) is 4. The predicted octanol–water partition coefficient (Wildman–Crippen LogP) is 2.77. The molecule has 5 nitrogen and oxygen atoms in total. The number of rotatable bonds is 2. The molecule has 0 saturated heterocycles. The zero-order chi connectivity index (χ0) is 14.8. The minimum Gasteiger partial charge on any atom is -0.508 e. The molecule has 2 aromatic carbocycles. The number of nitrogens with one attached hydrogen (secondary N) is 1. The van der Waals surface area contributed by atoms with Gasteiger partial charge in [0.2, 0.25) is 0 Å². The highest BCUT2D eigenvalue weighted by atomic mass is 16.3. The van der Waals surface area contributed by atoms with E-state index < -0.39 is 0 Å². The number of phenolic OH excluding ortho intramolecular Hbond substituents is 1. The molecular formula is C16H13N3O2. The first-order valence-corrected chi connectivity index (χ1v) is 6.38. The lowest BCUT2D eigenvalue weighted by molar-refractivity contribution is 0.102. The Morgan fingerprint density at radius 1 is 1.14 bits per heavy atom. The van der Waals surface area contributed by atoms with E-state index in [9.17, 15) is 9.90 Å². The summed E-state index contributed by atoms with van der Waals surface area (Å²) in [4.78, 5) is 16.5. The Kier molecular flexibility index (Phi) is 3.16. The summed E-state index contributed by atoms with van der Waals surface area (Å²) in [5.74, 6) is -0.397. The maximum Gasteiger partial charge on any atom is 0.257 e. The van der Waals surface area contributed by atoms with Gasteiger partial charge in [0.1, 0.15) is 5.75 Å². The van der Waals surface area contributed by atoms with Crippen LogP contribution < -0.4 is 11.1 Å². The molecule has 1 aromatic heterocycles. The van der Waals surface area contributed by atoms with Crippen LogP contribution in [0.15, 0.2) is 54.7 Å². The lowest BCUT2D eigenvalue weighted by atomic mass is 10.1. The third-order valence-electron chi connectivity index (χ3n) is 3.13. The molecule has 3 rings (SSSR count). The fraction of sp³-hybridized carbons (Fsp3) is 0. The highest BCUT2D eigenvalue weighted by Crippen LogP contribution is 2.21. The molecule has 0 unspecified atom stereocenters. The number of hydrogen-bond donors (Lipinski definition) is 3. The number of anilines is 2. The average Bonchev–Trinajstić information content (AvgIpc) is 2.49. The van der Waals surface area contributed by atoms with Crippen LogP contribution in [0.2, 0.25) is 0 Å². The van der Waals surface area contributed by atoms with E-state index in [1.54, 1.807) is 6.20 Å². The van der Waals surface area contributed by atoms with Gasteiger partial charge in [-0.1, -0.05) is 18.2 Å². The normalized spacial score (nSPS) is 10.5. The number of carbonyl (C=O) groups is 1. The number of benzene rings is 2. The van der Waals surface area contributed by atoms with Gasteiger partial charge in [0.25, 0.3) is 5.91 Å². The number of aromatic nitrogens is 1. The molecule has 5 heteroatoms. The van der Waals surface area contributed by atoms with Crippen molar-refractivity contribution in [3.05, 3.63) is 60.3 Å². The van der Waals surface area contributed by atoms with Crippen molar-refractivity contribution >= 4 is 28.2 Å². The molecule has 0 bridgehead atoms. The summed E-state index contributed by atoms with van der Waals surface area (Å²) in [6.07, 6.45) is 1.58. The molecule has 0 fully saturated rings. The van der Waals surface area contributed by atoms with Crippen LogP contribution in [0.5, 0.6) is 5.75 Å². The van der Waals surface area contributed by atoms with Crippen LogP contribution in [0.4, 0.5) is 11.4 Å². The van der Waals surface area contributed by atoms with Gasteiger partial charge < -0.3 is 16.2 Å². The monoisotopic (exact) mass is 279 g/mol. The number of aromatic hydroxyl groups is 1. The van der Waals surface area contributed by atoms with Gasteiger partial charge in [-0.05, 0) is 30.3 Å². The third-order valence-corrected chi connectivity index (χ3v) is 3.13. The van der Waals surface area contributed by atoms with Crippen LogP contribution in [0.1, 0.15) is 10.4 Å². The van der Waals surface area contributed by atoms with Crippen molar-refractivity contribution in [1.82, 2.24) is 4.98 Å². The summed E-state index contributed by atoms with van der Waals surface area (Å²) in [6.45, 7) is 0. The van der Waals surface area contributed by atoms with Crippen LogP contribution in [-0.2, 0) is 0 Å². The van der Waals surface area contributed by atoms with Crippen LogP contribution in [0.25, 0.3) is 10.9 Å². The van der Waals surface area contributed by atoms with E-state index in [0.29, 0.717) is 11.4 Å². The van der Waals surface area contributed by atoms with Gasteiger partial charge in [-0.3, -0.25) is 9.78 Å². The van der Waals surface area contributed by atoms with Crippen LogP contribution in [0, 0.1) is 0 Å². The molecule has 21 heavy (non-hydrogen) atoms. The summed E-state index contributed by atoms with van der Waals surface area (Å²) in [5.41, 5.74) is 7.70. The van der Waals surface area contributed by atoms with E-state index in [4.69, 9.17) is 5.73 Å². The molecule has 0 aliphatic heterocycles. The summed E-state index contributed by atoms with van der Waals surface area (Å²) < 4.78 is 0. The van der Waals surface area contributed by atoms with Crippen molar-refractivity contribution in [2.24, 2.45) is 0 Å². The third kappa shape index (κ3) is 2.62. The lowest BCUT2D eigenvalue weighted by Crippen LogP contribution is -2.14. The minimum absolute atomic E-state index is 0.00835. The molecule has 0 radical (unpaired) electrons. The number of nitrogens with two attached hydrogens (primary N) is 1. The molecule has 0 spiro atoms. The number of amides is 1. The van der Waals surface area contributed by atoms with Gasteiger partial charge in [0, 0.05) is 11.1 Å². The van der Waals surface area contributed by atoms with Crippen molar-refractivity contribution in [1.29, 1.82) is 0 Å². The van der Waals surface area contributed by atoms with Crippen LogP contribution >= 0.6 is 0 Å². The van der Waals surface area contributed by atoms with Crippen molar-refractivity contribution in [3.8, 4) is 5.75 Å². The van der Waals surface area contributed by atoms with E-state index in [0.717, 1.165) is 10.9 Å². The molecule has 104 valence electrons. The summed E-state index contributed by atoms with van der Waals surface area (Å²) in [6, 6.07) is 13.7. The molecule has 1 heterocycles. The molecule has 0 aliphatic carbocycles. The number of pyridine rings is 1. The fourth-order valence-corrected chi connectivity index (χ4v) is 2.08. The zero-order valence-corrected chi connectivity index (χ0v) is 11.1. The number of nitrogens with zero attached hydrogens (tertiary/aromatic N) is 1. The first kappa shape index (κ1) is 12.9. The van der Waals surface area contributed by atoms with Gasteiger partial charge in [-0.25, -0.2) is 0 Å². The first-order valence-electron chi connectivity index (χ1n) is 6.38. The Labute approximate surface area is 121 Å². The van der Waals surface area contributed by atoms with E-state index in [1.165, 1.54) is 18.2 Å². The Hall–Kier alpha value is -3.08. The van der Waals surface area contributed by atoms with Crippen molar-refractivity contribution in [3.63, 3.8) is 0 Å². The van der Waals surface area contributed by atoms with E-state index in [1.807, 2.05) is 30.3 Å². The molecule has 3 aromatic rings. The second-order valence-electron chi connectivity index (χ2n) is 4.64. The number of para-hydroxylation sites is 1. The second-order valence-corrected chi connectivity index (χ2v) is 4.64. The highest BCUT2D eigenvalue weighted by Gasteiger charge is 2.11. The van der Waals surface area contributed by atoms with Gasteiger partial charge in [-0.15, -0.1) is 0 Å². The minimum atomic E-state index is -0.388. The Morgan fingerprint density at radius 2 is 1.95 bits per heavy atom. The molecule has 0 saturated carbocycles. The molecule has 4 N–H and O–H groups in total. The van der Waals surface area contributed by atoms with E-state index in [-0.39, 0.29) is 17.2 Å². The number of nitrogen functional groups attached to an aromatic ring is 1. The Morgan fingerprint density at radius 3 is 2.81 bits per heavy atom. The van der Waals surface area contributed by atoms with Crippen molar-refractivity contribution in [2.45, 2.75) is 0 Å². The maximum absolute atomic E-state index is 12.2. The number of carbonyl (C=O) groups excluding carboxylic acids is 1. The van der Waals surface area contributed by atoms with Gasteiger partial charge >= 0.3 is 0 Å². The predicted molar refractivity (Wildman–Crippen MR) is 82.2 cm³/mol. The van der Waals surface area contributed by atoms with Gasteiger partial charge in [-0.2, -0.15) is 0 Å². The van der Waals surface area contributed by atoms with E-state index >= 15 is 0 Å². The molecule has 1 amide bonds. The summed E-state index contributed by atoms with van der Waals surface area (Å²) >= 11 is 0. The summed E-state index contributed by atoms with van der Waals surface area (Å²) in [5, 5.41) is 13.1. The maximum atomic E-state index is 12.2. The SMILES string of the molecule is Nc1ccc(O)cc1C(=O)Nc1cnc2ccccc2c1. The van der Waals surface area contributed by atoms with Crippen LogP contribution in [0.3, 0.4) is 0 Å². The van der Waals surface area contributed by atoms with E-state index in [2.05, 4.69) is 10.3 Å². The second kappa shape index (κ2) is 5.13.